The number of ether oxygens (including phenoxy) is 3. The number of nitrogens with zero attached hydrogens (tertiary/aromatic N) is 1. The molecule has 1 unspecified atom stereocenters. The first-order valence-electron chi connectivity index (χ1n) is 8.43. The number of hydrogen-bond donors (Lipinski definition) is 1. The molecule has 1 aliphatic heterocycles. The molecule has 1 fully saturated rings. The van der Waals surface area contributed by atoms with Gasteiger partial charge in [-0.25, -0.2) is 0 Å². The number of aliphatic hydroxyl groups excluding tert-OH is 1. The van der Waals surface area contributed by atoms with E-state index in [-0.39, 0.29) is 6.10 Å². The molecule has 1 N–H and O–H groups in total. The number of rotatable bonds is 9. The van der Waals surface area contributed by atoms with Gasteiger partial charge in [0.25, 0.3) is 0 Å². The van der Waals surface area contributed by atoms with Crippen LogP contribution in [0.4, 0.5) is 0 Å². The Morgan fingerprint density at radius 2 is 2.21 bits per heavy atom. The molecule has 7 heteroatoms. The molecule has 0 spiro atoms. The normalized spacial score (nSPS) is 22.6. The van der Waals surface area contributed by atoms with Gasteiger partial charge in [-0.15, -0.1) is 0 Å². The average Bonchev–Trinajstić information content (AvgIpc) is 2.53. The molecule has 0 radical (unpaired) electrons. The smallest absolute Gasteiger partial charge is 0.365 e. The Morgan fingerprint density at radius 1 is 1.50 bits per heavy atom. The zero-order valence-electron chi connectivity index (χ0n) is 15.9. The summed E-state index contributed by atoms with van der Waals surface area (Å²) in [5.41, 5.74) is 0.424. The highest BCUT2D eigenvalue weighted by atomic mass is 16.6. The van der Waals surface area contributed by atoms with Crippen molar-refractivity contribution in [2.45, 2.75) is 52.0 Å². The predicted molar refractivity (Wildman–Crippen MR) is 95.8 cm³/mol. The van der Waals surface area contributed by atoms with Gasteiger partial charge in [-0.05, 0) is 46.4 Å². The summed E-state index contributed by atoms with van der Waals surface area (Å²) in [6.07, 6.45) is 3.70. The standard InChI is InChI=1S/C17H32BNO5/c1-13(7-8-16-14(2)22-11-12-23-16)15(20)9-10-24-17(3,4)19(5)18-21-6/h7-8,14-15,18,20H,9-12H2,1-6H3/b13-7+,16-8+/t14?,15-/m0/s1. The van der Waals surface area contributed by atoms with Crippen LogP contribution in [0, 0.1) is 0 Å². The van der Waals surface area contributed by atoms with E-state index in [1.165, 1.54) is 0 Å². The lowest BCUT2D eigenvalue weighted by atomic mass is 10.1. The maximum absolute atomic E-state index is 10.3. The third-order valence-electron chi connectivity index (χ3n) is 4.25. The second-order valence-corrected chi connectivity index (χ2v) is 6.56. The van der Waals surface area contributed by atoms with Crippen LogP contribution in [-0.2, 0) is 18.9 Å². The highest BCUT2D eigenvalue weighted by Gasteiger charge is 2.25. The molecule has 24 heavy (non-hydrogen) atoms. The third-order valence-corrected chi connectivity index (χ3v) is 4.25. The van der Waals surface area contributed by atoms with Crippen LogP contribution in [0.25, 0.3) is 0 Å². The predicted octanol–water partition coefficient (Wildman–Crippen LogP) is 1.60. The van der Waals surface area contributed by atoms with Crippen LogP contribution in [0.1, 0.15) is 34.1 Å². The van der Waals surface area contributed by atoms with E-state index in [9.17, 15) is 5.11 Å². The first-order chi connectivity index (χ1) is 11.3. The van der Waals surface area contributed by atoms with E-state index in [4.69, 9.17) is 18.9 Å². The molecule has 2 atom stereocenters. The van der Waals surface area contributed by atoms with Crippen LogP contribution < -0.4 is 0 Å². The van der Waals surface area contributed by atoms with Crippen LogP contribution in [0.2, 0.25) is 0 Å². The molecular formula is C17H32BNO5. The Kier molecular flexibility index (Phi) is 9.01. The van der Waals surface area contributed by atoms with E-state index >= 15 is 0 Å². The van der Waals surface area contributed by atoms with Crippen molar-refractivity contribution in [1.29, 1.82) is 0 Å². The van der Waals surface area contributed by atoms with Gasteiger partial charge >= 0.3 is 7.62 Å². The van der Waals surface area contributed by atoms with Gasteiger partial charge in [0.15, 0.2) is 0 Å². The van der Waals surface area contributed by atoms with Crippen molar-refractivity contribution in [3.8, 4) is 0 Å². The largest absolute Gasteiger partial charge is 0.493 e. The van der Waals surface area contributed by atoms with Crippen molar-refractivity contribution in [1.82, 2.24) is 4.81 Å². The lowest BCUT2D eigenvalue weighted by Crippen LogP contribution is -2.46. The summed E-state index contributed by atoms with van der Waals surface area (Å²) < 4.78 is 22.1. The van der Waals surface area contributed by atoms with Gasteiger partial charge in [0, 0.05) is 13.5 Å². The van der Waals surface area contributed by atoms with Gasteiger partial charge in [0.2, 0.25) is 0 Å². The lowest BCUT2D eigenvalue weighted by Gasteiger charge is -2.34. The fourth-order valence-electron chi connectivity index (χ4n) is 2.20. The zero-order valence-corrected chi connectivity index (χ0v) is 15.9. The molecule has 138 valence electrons. The number of aliphatic hydroxyl groups is 1. The Bertz CT molecular complexity index is 439. The van der Waals surface area contributed by atoms with E-state index < -0.39 is 11.8 Å². The summed E-state index contributed by atoms with van der Waals surface area (Å²) in [7, 11) is 4.08. The van der Waals surface area contributed by atoms with Crippen LogP contribution in [0.5, 0.6) is 0 Å². The van der Waals surface area contributed by atoms with Crippen LogP contribution in [0.3, 0.4) is 0 Å². The van der Waals surface area contributed by atoms with Crippen molar-refractivity contribution in [3.63, 3.8) is 0 Å². The van der Waals surface area contributed by atoms with Crippen molar-refractivity contribution >= 4 is 7.62 Å². The molecule has 0 aromatic carbocycles. The minimum atomic E-state index is -0.551. The van der Waals surface area contributed by atoms with Crippen LogP contribution >= 0.6 is 0 Å². The summed E-state index contributed by atoms with van der Waals surface area (Å²) in [6.45, 7) is 9.47. The minimum absolute atomic E-state index is 0.0413. The van der Waals surface area contributed by atoms with Crippen LogP contribution in [0.15, 0.2) is 23.5 Å². The molecule has 1 aliphatic rings. The first-order valence-corrected chi connectivity index (χ1v) is 8.43. The summed E-state index contributed by atoms with van der Waals surface area (Å²) in [6, 6.07) is 0. The second kappa shape index (κ2) is 10.2. The summed E-state index contributed by atoms with van der Waals surface area (Å²) in [4.78, 5) is 1.97. The maximum Gasteiger partial charge on any atom is 0.365 e. The van der Waals surface area contributed by atoms with E-state index in [0.717, 1.165) is 11.3 Å². The quantitative estimate of drug-likeness (QED) is 0.508. The molecule has 6 nitrogen and oxygen atoms in total. The zero-order chi connectivity index (χ0) is 18.2. The molecule has 0 amide bonds. The van der Waals surface area contributed by atoms with Crippen molar-refractivity contribution < 1.29 is 24.0 Å². The van der Waals surface area contributed by atoms with Gasteiger partial charge < -0.3 is 24.0 Å². The summed E-state index contributed by atoms with van der Waals surface area (Å²) in [5.74, 6) is 0.798. The fourth-order valence-corrected chi connectivity index (χ4v) is 2.20. The monoisotopic (exact) mass is 341 g/mol. The van der Waals surface area contributed by atoms with Crippen molar-refractivity contribution in [2.24, 2.45) is 0 Å². The Labute approximate surface area is 146 Å². The molecule has 0 aromatic heterocycles. The van der Waals surface area contributed by atoms with Gasteiger partial charge in [-0.3, -0.25) is 4.81 Å². The van der Waals surface area contributed by atoms with Crippen LogP contribution in [-0.4, -0.2) is 69.4 Å². The second-order valence-electron chi connectivity index (χ2n) is 6.56. The molecule has 0 bridgehead atoms. The molecule has 0 aliphatic carbocycles. The molecule has 1 saturated heterocycles. The molecule has 0 aromatic rings. The summed E-state index contributed by atoms with van der Waals surface area (Å²) >= 11 is 0. The number of hydrogen-bond acceptors (Lipinski definition) is 6. The van der Waals surface area contributed by atoms with E-state index in [1.807, 2.05) is 51.7 Å². The maximum atomic E-state index is 10.3. The molecule has 1 heterocycles. The highest BCUT2D eigenvalue weighted by molar-refractivity contribution is 6.23. The fraction of sp³-hybridized carbons (Fsp3) is 0.765. The number of allylic oxidation sites excluding steroid dienone is 2. The van der Waals surface area contributed by atoms with Gasteiger partial charge in [0.05, 0.1) is 19.3 Å². The SMILES string of the molecule is COBN(C)C(C)(C)OCC[C@H](O)/C(C)=C/C=C1/OCCOC1C. The Balaban J connectivity index is 2.45. The average molecular weight is 341 g/mol. The third kappa shape index (κ3) is 6.95. The Hall–Kier alpha value is -0.855. The minimum Gasteiger partial charge on any atom is -0.493 e. The topological polar surface area (TPSA) is 60.4 Å². The molecule has 1 rings (SSSR count). The van der Waals surface area contributed by atoms with Crippen molar-refractivity contribution in [3.05, 3.63) is 23.5 Å². The Morgan fingerprint density at radius 3 is 2.83 bits per heavy atom. The van der Waals surface area contributed by atoms with Crippen molar-refractivity contribution in [2.75, 3.05) is 34.0 Å². The highest BCUT2D eigenvalue weighted by Crippen LogP contribution is 2.17. The van der Waals surface area contributed by atoms with Gasteiger partial charge in [-0.1, -0.05) is 6.08 Å². The first kappa shape index (κ1) is 21.2. The van der Waals surface area contributed by atoms with Gasteiger partial charge in [0.1, 0.15) is 24.2 Å². The lowest BCUT2D eigenvalue weighted by molar-refractivity contribution is -0.0961. The van der Waals surface area contributed by atoms with Gasteiger partial charge in [-0.2, -0.15) is 0 Å². The van der Waals surface area contributed by atoms with E-state index in [2.05, 4.69) is 0 Å². The molecule has 0 saturated carbocycles. The van der Waals surface area contributed by atoms with E-state index in [1.54, 1.807) is 7.11 Å². The summed E-state index contributed by atoms with van der Waals surface area (Å²) in [5, 5.41) is 10.3. The molecular weight excluding hydrogens is 309 g/mol. The van der Waals surface area contributed by atoms with E-state index in [0.29, 0.717) is 33.9 Å².